The van der Waals surface area contributed by atoms with E-state index in [1.165, 1.54) is 0 Å². The molecular formula is C16H16N2O2S. The highest BCUT2D eigenvalue weighted by atomic mass is 32.1. The molecule has 21 heavy (non-hydrogen) atoms. The van der Waals surface area contributed by atoms with Gasteiger partial charge < -0.3 is 10.6 Å². The fourth-order valence-corrected chi connectivity index (χ4v) is 2.51. The number of carbonyl (C=O) groups excluding carboxylic acids is 2. The van der Waals surface area contributed by atoms with Gasteiger partial charge in [0.1, 0.15) is 0 Å². The van der Waals surface area contributed by atoms with Crippen LogP contribution in [-0.2, 0) is 4.79 Å². The smallest absolute Gasteiger partial charge is 0.253 e. The van der Waals surface area contributed by atoms with Crippen molar-refractivity contribution in [3.63, 3.8) is 0 Å². The summed E-state index contributed by atoms with van der Waals surface area (Å²) >= 11 is 1.57. The molecule has 2 N–H and O–H groups in total. The Bertz CT molecular complexity index is 675. The molecule has 1 aromatic carbocycles. The van der Waals surface area contributed by atoms with E-state index < -0.39 is 0 Å². The third-order valence-electron chi connectivity index (χ3n) is 2.91. The van der Waals surface area contributed by atoms with Crippen LogP contribution < -0.4 is 10.6 Å². The third-order valence-corrected chi connectivity index (χ3v) is 3.73. The van der Waals surface area contributed by atoms with Crippen molar-refractivity contribution in [1.82, 2.24) is 5.32 Å². The Labute approximate surface area is 127 Å². The first-order valence-corrected chi connectivity index (χ1v) is 7.34. The summed E-state index contributed by atoms with van der Waals surface area (Å²) in [5.74, 6) is -0.453. The van der Waals surface area contributed by atoms with Crippen molar-refractivity contribution in [2.45, 2.75) is 6.92 Å². The Morgan fingerprint density at radius 3 is 2.57 bits per heavy atom. The minimum absolute atomic E-state index is 0.222. The highest BCUT2D eigenvalue weighted by Crippen LogP contribution is 2.18. The number of carbonyl (C=O) groups is 2. The molecule has 2 rings (SSSR count). The number of rotatable bonds is 4. The van der Waals surface area contributed by atoms with Crippen LogP contribution >= 0.6 is 11.3 Å². The van der Waals surface area contributed by atoms with E-state index in [1.54, 1.807) is 49.6 Å². The van der Waals surface area contributed by atoms with Gasteiger partial charge >= 0.3 is 0 Å². The summed E-state index contributed by atoms with van der Waals surface area (Å²) < 4.78 is 0. The van der Waals surface area contributed by atoms with E-state index in [-0.39, 0.29) is 11.8 Å². The van der Waals surface area contributed by atoms with Crippen LogP contribution in [0.5, 0.6) is 0 Å². The number of hydrogen-bond donors (Lipinski definition) is 2. The lowest BCUT2D eigenvalue weighted by Gasteiger charge is -2.10. The summed E-state index contributed by atoms with van der Waals surface area (Å²) in [6.45, 7) is 1.75. The number of amides is 2. The second kappa shape index (κ2) is 6.85. The molecule has 2 amide bonds. The molecule has 0 unspecified atom stereocenters. The van der Waals surface area contributed by atoms with Crippen LogP contribution in [0.25, 0.3) is 6.08 Å². The van der Waals surface area contributed by atoms with Gasteiger partial charge in [-0.3, -0.25) is 9.59 Å². The average Bonchev–Trinajstić information content (AvgIpc) is 2.99. The predicted molar refractivity (Wildman–Crippen MR) is 86.4 cm³/mol. The Hall–Kier alpha value is -2.40. The molecule has 1 heterocycles. The molecule has 0 spiro atoms. The van der Waals surface area contributed by atoms with E-state index in [4.69, 9.17) is 0 Å². The average molecular weight is 300 g/mol. The van der Waals surface area contributed by atoms with E-state index in [0.29, 0.717) is 16.8 Å². The molecule has 0 radical (unpaired) electrons. The van der Waals surface area contributed by atoms with Crippen LogP contribution in [0.4, 0.5) is 5.69 Å². The van der Waals surface area contributed by atoms with Crippen LogP contribution in [0.2, 0.25) is 0 Å². The van der Waals surface area contributed by atoms with Crippen molar-refractivity contribution in [2.24, 2.45) is 0 Å². The molecule has 0 saturated carbocycles. The van der Waals surface area contributed by atoms with E-state index in [0.717, 1.165) is 4.88 Å². The maximum Gasteiger partial charge on any atom is 0.253 e. The zero-order valence-electron chi connectivity index (χ0n) is 11.8. The van der Waals surface area contributed by atoms with Gasteiger partial charge in [-0.1, -0.05) is 18.2 Å². The molecule has 0 bridgehead atoms. The van der Waals surface area contributed by atoms with Gasteiger partial charge in [0.15, 0.2) is 0 Å². The number of thiophene rings is 1. The first kappa shape index (κ1) is 15.0. The molecule has 108 valence electrons. The highest BCUT2D eigenvalue weighted by molar-refractivity contribution is 7.10. The lowest BCUT2D eigenvalue weighted by molar-refractivity contribution is -0.112. The summed E-state index contributed by atoms with van der Waals surface area (Å²) in [4.78, 5) is 25.0. The van der Waals surface area contributed by atoms with Crippen molar-refractivity contribution in [2.75, 3.05) is 12.4 Å². The zero-order valence-corrected chi connectivity index (χ0v) is 12.7. The molecule has 0 atom stereocenters. The van der Waals surface area contributed by atoms with Crippen LogP contribution in [0, 0.1) is 0 Å². The quantitative estimate of drug-likeness (QED) is 0.852. The summed E-state index contributed by atoms with van der Waals surface area (Å²) in [6, 6.07) is 10.8. The fourth-order valence-electron chi connectivity index (χ4n) is 1.80. The van der Waals surface area contributed by atoms with Crippen LogP contribution in [0.1, 0.15) is 22.2 Å². The first-order valence-electron chi connectivity index (χ1n) is 6.46. The van der Waals surface area contributed by atoms with Gasteiger partial charge in [0, 0.05) is 17.5 Å². The van der Waals surface area contributed by atoms with Crippen molar-refractivity contribution in [3.8, 4) is 0 Å². The molecule has 2 aromatic rings. The van der Waals surface area contributed by atoms with Crippen molar-refractivity contribution in [1.29, 1.82) is 0 Å². The molecule has 4 nitrogen and oxygen atoms in total. The number of benzene rings is 1. The van der Waals surface area contributed by atoms with Crippen LogP contribution in [-0.4, -0.2) is 18.9 Å². The Morgan fingerprint density at radius 2 is 1.90 bits per heavy atom. The normalized spacial score (nSPS) is 11.0. The predicted octanol–water partition coefficient (Wildman–Crippen LogP) is 3.15. The summed E-state index contributed by atoms with van der Waals surface area (Å²) in [7, 11) is 1.56. The van der Waals surface area contributed by atoms with E-state index in [2.05, 4.69) is 10.6 Å². The molecule has 0 fully saturated rings. The molecule has 0 saturated heterocycles. The summed E-state index contributed by atoms with van der Waals surface area (Å²) in [6.07, 6.45) is 1.82. The topological polar surface area (TPSA) is 58.2 Å². The van der Waals surface area contributed by atoms with Crippen molar-refractivity contribution in [3.05, 3.63) is 57.8 Å². The minimum atomic E-state index is -0.231. The van der Waals surface area contributed by atoms with Gasteiger partial charge in [-0.15, -0.1) is 11.3 Å². The lowest BCUT2D eigenvalue weighted by atomic mass is 10.1. The van der Waals surface area contributed by atoms with Crippen molar-refractivity contribution >= 4 is 34.9 Å². The molecule has 5 heteroatoms. The van der Waals surface area contributed by atoms with Crippen LogP contribution in [0.3, 0.4) is 0 Å². The Balaban J connectivity index is 2.18. The first-order chi connectivity index (χ1) is 10.1. The third kappa shape index (κ3) is 3.79. The minimum Gasteiger partial charge on any atom is -0.355 e. The Morgan fingerprint density at radius 1 is 1.14 bits per heavy atom. The maximum atomic E-state index is 12.2. The van der Waals surface area contributed by atoms with Crippen molar-refractivity contribution < 1.29 is 9.59 Å². The number of nitrogens with one attached hydrogen (secondary N) is 2. The second-order valence-electron chi connectivity index (χ2n) is 4.42. The maximum absolute atomic E-state index is 12.2. The van der Waals surface area contributed by atoms with E-state index in [1.807, 2.05) is 23.6 Å². The monoisotopic (exact) mass is 300 g/mol. The van der Waals surface area contributed by atoms with Crippen LogP contribution in [0.15, 0.2) is 47.4 Å². The summed E-state index contributed by atoms with van der Waals surface area (Å²) in [5, 5.41) is 7.29. The van der Waals surface area contributed by atoms with E-state index in [9.17, 15) is 9.59 Å². The van der Waals surface area contributed by atoms with E-state index >= 15 is 0 Å². The van der Waals surface area contributed by atoms with Gasteiger partial charge in [-0.2, -0.15) is 0 Å². The van der Waals surface area contributed by atoms with Gasteiger partial charge in [0.2, 0.25) is 0 Å². The number of anilines is 1. The van der Waals surface area contributed by atoms with Gasteiger partial charge in [0.25, 0.3) is 11.8 Å². The number of hydrogen-bond acceptors (Lipinski definition) is 3. The largest absolute Gasteiger partial charge is 0.355 e. The number of para-hydroxylation sites is 1. The Kier molecular flexibility index (Phi) is 4.90. The summed E-state index contributed by atoms with van der Waals surface area (Å²) in [5.41, 5.74) is 1.53. The molecular weight excluding hydrogens is 284 g/mol. The molecule has 0 aliphatic heterocycles. The van der Waals surface area contributed by atoms with Gasteiger partial charge in [-0.05, 0) is 36.6 Å². The second-order valence-corrected chi connectivity index (χ2v) is 5.40. The zero-order chi connectivity index (χ0) is 15.2. The fraction of sp³-hybridized carbons (Fsp3) is 0.125. The SMILES string of the molecule is CNC(=O)c1ccccc1NC(=O)/C(C)=C/c1cccs1. The molecule has 1 aromatic heterocycles. The highest BCUT2D eigenvalue weighted by Gasteiger charge is 2.12. The lowest BCUT2D eigenvalue weighted by Crippen LogP contribution is -2.21. The standard InChI is InChI=1S/C16H16N2O2S/c1-11(10-12-6-5-9-21-12)15(19)18-14-8-4-3-7-13(14)16(20)17-2/h3-10H,1-2H3,(H,17,20)(H,18,19)/b11-10+. The van der Waals surface area contributed by atoms with Gasteiger partial charge in [0.05, 0.1) is 11.3 Å². The molecule has 0 aliphatic rings. The van der Waals surface area contributed by atoms with Gasteiger partial charge in [-0.25, -0.2) is 0 Å². The molecule has 0 aliphatic carbocycles.